The maximum absolute atomic E-state index is 9.71. The highest BCUT2D eigenvalue weighted by atomic mass is 16.5. The van der Waals surface area contributed by atoms with Crippen molar-refractivity contribution in [1.82, 2.24) is 0 Å². The van der Waals surface area contributed by atoms with E-state index in [1.807, 2.05) is 30.3 Å². The number of aliphatic hydroxyl groups is 2. The molecule has 18 heavy (non-hydrogen) atoms. The Labute approximate surface area is 109 Å². The van der Waals surface area contributed by atoms with Crippen LogP contribution >= 0.6 is 0 Å². The van der Waals surface area contributed by atoms with Crippen LogP contribution in [0.4, 0.5) is 0 Å². The highest BCUT2D eigenvalue weighted by Crippen LogP contribution is 2.14. The van der Waals surface area contributed by atoms with Gasteiger partial charge in [0, 0.05) is 5.92 Å². The van der Waals surface area contributed by atoms with Crippen molar-refractivity contribution < 1.29 is 14.9 Å². The second-order valence-corrected chi connectivity index (χ2v) is 4.65. The lowest BCUT2D eigenvalue weighted by molar-refractivity contribution is -0.00928. The van der Waals surface area contributed by atoms with Crippen LogP contribution in [0.15, 0.2) is 30.3 Å². The molecule has 0 bridgehead atoms. The summed E-state index contributed by atoms with van der Waals surface area (Å²) >= 11 is 0. The monoisotopic (exact) mass is 252 g/mol. The van der Waals surface area contributed by atoms with Crippen LogP contribution in [0.2, 0.25) is 0 Å². The summed E-state index contributed by atoms with van der Waals surface area (Å²) in [7, 11) is 0. The molecule has 2 N–H and O–H groups in total. The standard InChI is InChI=1S/C15H24O3/c1-2-3-9-14(15(17)10-16)12-18-11-13-7-5-4-6-8-13/h4-8,14-17H,2-3,9-12H2,1H3. The van der Waals surface area contributed by atoms with Crippen molar-refractivity contribution in [2.45, 2.75) is 38.9 Å². The molecule has 2 atom stereocenters. The molecular weight excluding hydrogens is 228 g/mol. The van der Waals surface area contributed by atoms with Gasteiger partial charge in [-0.25, -0.2) is 0 Å². The van der Waals surface area contributed by atoms with Gasteiger partial charge in [0.1, 0.15) is 0 Å². The van der Waals surface area contributed by atoms with Crippen LogP contribution in [0, 0.1) is 5.92 Å². The van der Waals surface area contributed by atoms with E-state index in [4.69, 9.17) is 9.84 Å². The third-order valence-electron chi connectivity index (χ3n) is 3.10. The highest BCUT2D eigenvalue weighted by Gasteiger charge is 2.18. The van der Waals surface area contributed by atoms with Crippen molar-refractivity contribution in [3.63, 3.8) is 0 Å². The van der Waals surface area contributed by atoms with E-state index < -0.39 is 6.10 Å². The van der Waals surface area contributed by atoms with Gasteiger partial charge in [0.25, 0.3) is 0 Å². The summed E-state index contributed by atoms with van der Waals surface area (Å²) in [4.78, 5) is 0. The summed E-state index contributed by atoms with van der Waals surface area (Å²) in [6.45, 7) is 2.98. The molecule has 1 aromatic rings. The van der Waals surface area contributed by atoms with Crippen LogP contribution < -0.4 is 0 Å². The molecule has 0 aromatic heterocycles. The zero-order valence-electron chi connectivity index (χ0n) is 11.1. The van der Waals surface area contributed by atoms with Gasteiger partial charge in [0.2, 0.25) is 0 Å². The van der Waals surface area contributed by atoms with Gasteiger partial charge < -0.3 is 14.9 Å². The van der Waals surface area contributed by atoms with E-state index >= 15 is 0 Å². The molecule has 0 aliphatic heterocycles. The van der Waals surface area contributed by atoms with Gasteiger partial charge in [-0.1, -0.05) is 50.1 Å². The average molecular weight is 252 g/mol. The zero-order valence-corrected chi connectivity index (χ0v) is 11.1. The van der Waals surface area contributed by atoms with Crippen molar-refractivity contribution in [3.8, 4) is 0 Å². The van der Waals surface area contributed by atoms with E-state index in [1.54, 1.807) is 0 Å². The van der Waals surface area contributed by atoms with Gasteiger partial charge in [0.15, 0.2) is 0 Å². The quantitative estimate of drug-likeness (QED) is 0.709. The summed E-state index contributed by atoms with van der Waals surface area (Å²) in [5, 5.41) is 18.7. The van der Waals surface area contributed by atoms with Crippen molar-refractivity contribution in [2.75, 3.05) is 13.2 Å². The lowest BCUT2D eigenvalue weighted by atomic mass is 9.97. The molecular formula is C15H24O3. The fraction of sp³-hybridized carbons (Fsp3) is 0.600. The molecule has 1 aromatic carbocycles. The minimum Gasteiger partial charge on any atom is -0.394 e. The summed E-state index contributed by atoms with van der Waals surface area (Å²) in [5.41, 5.74) is 1.13. The van der Waals surface area contributed by atoms with Gasteiger partial charge in [-0.3, -0.25) is 0 Å². The number of benzene rings is 1. The Bertz CT molecular complexity index is 300. The van der Waals surface area contributed by atoms with Gasteiger partial charge in [-0.05, 0) is 12.0 Å². The third kappa shape index (κ3) is 5.63. The molecule has 0 saturated heterocycles. The Morgan fingerprint density at radius 3 is 2.56 bits per heavy atom. The Morgan fingerprint density at radius 1 is 1.22 bits per heavy atom. The van der Waals surface area contributed by atoms with Crippen LogP contribution in [0.5, 0.6) is 0 Å². The fourth-order valence-corrected chi connectivity index (χ4v) is 1.90. The van der Waals surface area contributed by atoms with Crippen LogP contribution in [-0.2, 0) is 11.3 Å². The zero-order chi connectivity index (χ0) is 13.2. The number of hydrogen-bond donors (Lipinski definition) is 2. The van der Waals surface area contributed by atoms with Crippen molar-refractivity contribution >= 4 is 0 Å². The fourth-order valence-electron chi connectivity index (χ4n) is 1.90. The number of aliphatic hydroxyl groups excluding tert-OH is 2. The second kappa shape index (κ2) is 9.09. The smallest absolute Gasteiger partial charge is 0.0820 e. The molecule has 0 saturated carbocycles. The van der Waals surface area contributed by atoms with Gasteiger partial charge in [0.05, 0.1) is 25.9 Å². The van der Waals surface area contributed by atoms with E-state index in [1.165, 1.54) is 0 Å². The largest absolute Gasteiger partial charge is 0.394 e. The minimum atomic E-state index is -0.674. The average Bonchev–Trinajstić information content (AvgIpc) is 2.43. The normalized spacial score (nSPS) is 14.4. The van der Waals surface area contributed by atoms with Crippen LogP contribution in [0.3, 0.4) is 0 Å². The molecule has 0 aliphatic carbocycles. The molecule has 3 nitrogen and oxygen atoms in total. The molecule has 0 spiro atoms. The van der Waals surface area contributed by atoms with Crippen molar-refractivity contribution in [2.24, 2.45) is 5.92 Å². The minimum absolute atomic E-state index is 0.0265. The van der Waals surface area contributed by atoms with E-state index in [0.29, 0.717) is 13.2 Å². The highest BCUT2D eigenvalue weighted by molar-refractivity contribution is 5.13. The summed E-state index contributed by atoms with van der Waals surface area (Å²) in [6, 6.07) is 9.97. The lowest BCUT2D eigenvalue weighted by Gasteiger charge is -2.21. The summed E-state index contributed by atoms with van der Waals surface area (Å²) in [5.74, 6) is 0.0265. The number of unbranched alkanes of at least 4 members (excludes halogenated alkanes) is 1. The van der Waals surface area contributed by atoms with E-state index in [9.17, 15) is 5.11 Å². The summed E-state index contributed by atoms with van der Waals surface area (Å²) in [6.07, 6.45) is 2.36. The molecule has 2 unspecified atom stereocenters. The van der Waals surface area contributed by atoms with Crippen LogP contribution in [-0.4, -0.2) is 29.5 Å². The Hall–Kier alpha value is -0.900. The third-order valence-corrected chi connectivity index (χ3v) is 3.10. The van der Waals surface area contributed by atoms with Crippen molar-refractivity contribution in [1.29, 1.82) is 0 Å². The maximum Gasteiger partial charge on any atom is 0.0820 e. The Balaban J connectivity index is 2.32. The first kappa shape index (κ1) is 15.2. The van der Waals surface area contributed by atoms with E-state index in [0.717, 1.165) is 24.8 Å². The molecule has 0 heterocycles. The van der Waals surface area contributed by atoms with Gasteiger partial charge >= 0.3 is 0 Å². The van der Waals surface area contributed by atoms with E-state index in [-0.39, 0.29) is 12.5 Å². The summed E-state index contributed by atoms with van der Waals surface area (Å²) < 4.78 is 5.63. The van der Waals surface area contributed by atoms with Crippen molar-refractivity contribution in [3.05, 3.63) is 35.9 Å². The first-order valence-corrected chi connectivity index (χ1v) is 6.68. The predicted molar refractivity (Wildman–Crippen MR) is 72.2 cm³/mol. The number of ether oxygens (including phenoxy) is 1. The molecule has 1 rings (SSSR count). The molecule has 0 radical (unpaired) electrons. The van der Waals surface area contributed by atoms with Crippen LogP contribution in [0.25, 0.3) is 0 Å². The Morgan fingerprint density at radius 2 is 1.94 bits per heavy atom. The first-order chi connectivity index (χ1) is 8.77. The lowest BCUT2D eigenvalue weighted by Crippen LogP contribution is -2.28. The molecule has 3 heteroatoms. The second-order valence-electron chi connectivity index (χ2n) is 4.65. The first-order valence-electron chi connectivity index (χ1n) is 6.68. The number of hydrogen-bond acceptors (Lipinski definition) is 3. The maximum atomic E-state index is 9.71. The molecule has 0 amide bonds. The topological polar surface area (TPSA) is 49.7 Å². The number of rotatable bonds is 9. The van der Waals surface area contributed by atoms with Crippen LogP contribution in [0.1, 0.15) is 31.7 Å². The molecule has 102 valence electrons. The van der Waals surface area contributed by atoms with Gasteiger partial charge in [-0.15, -0.1) is 0 Å². The predicted octanol–water partition coefficient (Wildman–Crippen LogP) is 2.36. The van der Waals surface area contributed by atoms with Gasteiger partial charge in [-0.2, -0.15) is 0 Å². The van der Waals surface area contributed by atoms with E-state index in [2.05, 4.69) is 6.92 Å². The molecule has 0 fully saturated rings. The SMILES string of the molecule is CCCCC(COCc1ccccc1)C(O)CO. The molecule has 0 aliphatic rings. The Kier molecular flexibility index (Phi) is 7.65.